The first-order valence-electron chi connectivity index (χ1n) is 7.61. The molecule has 124 valence electrons. The number of hydrogen-bond donors (Lipinski definition) is 0. The van der Waals surface area contributed by atoms with Gasteiger partial charge in [-0.25, -0.2) is 0 Å². The minimum absolute atomic E-state index is 0.0680. The van der Waals surface area contributed by atoms with Gasteiger partial charge in [0, 0.05) is 12.6 Å². The van der Waals surface area contributed by atoms with Crippen LogP contribution in [-0.2, 0) is 11.4 Å². The summed E-state index contributed by atoms with van der Waals surface area (Å²) in [6, 6.07) is 11.5. The second kappa shape index (κ2) is 7.23. The van der Waals surface area contributed by atoms with Crippen molar-refractivity contribution in [3.05, 3.63) is 58.4 Å². The lowest BCUT2D eigenvalue weighted by molar-refractivity contribution is -0.121. The van der Waals surface area contributed by atoms with Gasteiger partial charge in [-0.2, -0.15) is 0 Å². The number of likely N-dealkylation sites (N-methyl/N-ethyl adjacent to an activating group) is 1. The van der Waals surface area contributed by atoms with Gasteiger partial charge >= 0.3 is 0 Å². The number of carbonyl (C=O) groups excluding carboxylic acids is 1. The Morgan fingerprint density at radius 2 is 2.08 bits per heavy atom. The highest BCUT2D eigenvalue weighted by Crippen LogP contribution is 2.32. The predicted octanol–water partition coefficient (Wildman–Crippen LogP) is 4.39. The third-order valence-electron chi connectivity index (χ3n) is 3.61. The van der Waals surface area contributed by atoms with Crippen LogP contribution in [0.25, 0.3) is 6.08 Å². The normalized spacial score (nSPS) is 16.2. The molecule has 0 bridgehead atoms. The molecule has 1 saturated heterocycles. The maximum Gasteiger partial charge on any atom is 0.266 e. The maximum atomic E-state index is 12.2. The first kappa shape index (κ1) is 16.8. The summed E-state index contributed by atoms with van der Waals surface area (Å²) in [6.45, 7) is 4.82. The lowest BCUT2D eigenvalue weighted by Crippen LogP contribution is -2.27. The largest absolute Gasteiger partial charge is 0.485 e. The molecule has 0 saturated carbocycles. The van der Waals surface area contributed by atoms with Crippen LogP contribution in [0.1, 0.15) is 24.0 Å². The zero-order chi connectivity index (χ0) is 17.1. The second-order valence-corrected chi connectivity index (χ2v) is 6.96. The monoisotopic (exact) mass is 359 g/mol. The summed E-state index contributed by atoms with van der Waals surface area (Å²) in [5.41, 5.74) is 1.08. The Bertz CT molecular complexity index is 810. The van der Waals surface area contributed by atoms with Gasteiger partial charge in [-0.3, -0.25) is 9.69 Å². The van der Waals surface area contributed by atoms with Crippen LogP contribution in [-0.4, -0.2) is 21.7 Å². The van der Waals surface area contributed by atoms with Crippen LogP contribution >= 0.6 is 24.0 Å². The summed E-state index contributed by atoms with van der Waals surface area (Å²) in [6.07, 6.45) is 1.73. The van der Waals surface area contributed by atoms with E-state index in [2.05, 4.69) is 0 Å². The standard InChI is InChI=1S/C18H17NO3S2/c1-3-19-17(20)16(24-18(19)23)10-13-8-9-14(22-13)11-21-15-7-5-4-6-12(15)2/h4-10H,3,11H2,1-2H3/b16-10-. The van der Waals surface area contributed by atoms with E-state index < -0.39 is 0 Å². The molecule has 6 heteroatoms. The van der Waals surface area contributed by atoms with E-state index in [1.54, 1.807) is 11.0 Å². The highest BCUT2D eigenvalue weighted by atomic mass is 32.2. The molecule has 0 unspecified atom stereocenters. The van der Waals surface area contributed by atoms with E-state index >= 15 is 0 Å². The molecular formula is C18H17NO3S2. The molecule has 1 aromatic carbocycles. The molecule has 0 radical (unpaired) electrons. The molecule has 0 aliphatic carbocycles. The Balaban J connectivity index is 1.68. The number of rotatable bonds is 5. The van der Waals surface area contributed by atoms with Crippen LogP contribution in [0.3, 0.4) is 0 Å². The number of nitrogens with zero attached hydrogens (tertiary/aromatic N) is 1. The lowest BCUT2D eigenvalue weighted by atomic mass is 10.2. The number of ether oxygens (including phenoxy) is 1. The van der Waals surface area contributed by atoms with Gasteiger partial charge in [0.2, 0.25) is 0 Å². The molecule has 3 rings (SSSR count). The number of furan rings is 1. The fourth-order valence-corrected chi connectivity index (χ4v) is 3.68. The van der Waals surface area contributed by atoms with Crippen molar-refractivity contribution in [1.82, 2.24) is 4.90 Å². The zero-order valence-corrected chi connectivity index (χ0v) is 15.1. The second-order valence-electron chi connectivity index (χ2n) is 5.28. The quantitative estimate of drug-likeness (QED) is 0.585. The number of aryl methyl sites for hydroxylation is 1. The summed E-state index contributed by atoms with van der Waals surface area (Å²) in [4.78, 5) is 14.4. The van der Waals surface area contributed by atoms with Gasteiger partial charge < -0.3 is 9.15 Å². The molecule has 1 fully saturated rings. The molecule has 1 aliphatic rings. The Labute approximate surface area is 150 Å². The minimum Gasteiger partial charge on any atom is -0.485 e. The van der Waals surface area contributed by atoms with Gasteiger partial charge in [-0.1, -0.05) is 42.2 Å². The van der Waals surface area contributed by atoms with Crippen LogP contribution in [0.2, 0.25) is 0 Å². The fraction of sp³-hybridized carbons (Fsp3) is 0.222. The molecule has 1 amide bonds. The van der Waals surface area contributed by atoms with Crippen molar-refractivity contribution in [3.8, 4) is 5.75 Å². The third-order valence-corrected chi connectivity index (χ3v) is 4.99. The molecule has 2 heterocycles. The number of thioether (sulfide) groups is 1. The first-order valence-corrected chi connectivity index (χ1v) is 8.83. The van der Waals surface area contributed by atoms with E-state index in [-0.39, 0.29) is 5.91 Å². The minimum atomic E-state index is -0.0680. The smallest absolute Gasteiger partial charge is 0.266 e. The summed E-state index contributed by atoms with van der Waals surface area (Å²) in [5, 5.41) is 0. The van der Waals surface area contributed by atoms with Crippen molar-refractivity contribution in [2.75, 3.05) is 6.54 Å². The van der Waals surface area contributed by atoms with Crippen molar-refractivity contribution >= 4 is 40.3 Å². The Kier molecular flexibility index (Phi) is 5.06. The molecule has 24 heavy (non-hydrogen) atoms. The van der Waals surface area contributed by atoms with Crippen molar-refractivity contribution in [2.45, 2.75) is 20.5 Å². The van der Waals surface area contributed by atoms with Gasteiger partial charge in [-0.15, -0.1) is 0 Å². The Morgan fingerprint density at radius 1 is 1.29 bits per heavy atom. The van der Waals surface area contributed by atoms with Crippen LogP contribution in [0.5, 0.6) is 5.75 Å². The van der Waals surface area contributed by atoms with Gasteiger partial charge in [0.15, 0.2) is 0 Å². The van der Waals surface area contributed by atoms with Crippen LogP contribution in [0, 0.1) is 6.92 Å². The summed E-state index contributed by atoms with van der Waals surface area (Å²) >= 11 is 6.50. The van der Waals surface area contributed by atoms with Crippen molar-refractivity contribution in [3.63, 3.8) is 0 Å². The van der Waals surface area contributed by atoms with E-state index in [4.69, 9.17) is 21.4 Å². The van der Waals surface area contributed by atoms with E-state index in [9.17, 15) is 4.79 Å². The first-order chi connectivity index (χ1) is 11.6. The fourth-order valence-electron chi connectivity index (χ4n) is 2.32. The molecular weight excluding hydrogens is 342 g/mol. The van der Waals surface area contributed by atoms with E-state index in [0.717, 1.165) is 11.3 Å². The molecule has 2 aromatic rings. The molecule has 1 aliphatic heterocycles. The molecule has 1 aromatic heterocycles. The van der Waals surface area contributed by atoms with Crippen molar-refractivity contribution in [2.24, 2.45) is 0 Å². The van der Waals surface area contributed by atoms with Gasteiger partial charge in [0.1, 0.15) is 28.2 Å². The molecule has 0 spiro atoms. The Hall–Kier alpha value is -2.05. The maximum absolute atomic E-state index is 12.2. The van der Waals surface area contributed by atoms with Crippen LogP contribution < -0.4 is 4.74 Å². The number of carbonyl (C=O) groups is 1. The molecule has 0 atom stereocenters. The van der Waals surface area contributed by atoms with E-state index in [0.29, 0.717) is 33.9 Å². The highest BCUT2D eigenvalue weighted by Gasteiger charge is 2.30. The number of thiocarbonyl (C=S) groups is 1. The Morgan fingerprint density at radius 3 is 2.79 bits per heavy atom. The number of hydrogen-bond acceptors (Lipinski definition) is 5. The predicted molar refractivity (Wildman–Crippen MR) is 99.8 cm³/mol. The number of amides is 1. The molecule has 0 N–H and O–H groups in total. The lowest BCUT2D eigenvalue weighted by Gasteiger charge is -2.09. The summed E-state index contributed by atoms with van der Waals surface area (Å²) in [7, 11) is 0. The van der Waals surface area contributed by atoms with E-state index in [1.165, 1.54) is 11.8 Å². The van der Waals surface area contributed by atoms with Gasteiger partial charge in [-0.05, 0) is 37.6 Å². The van der Waals surface area contributed by atoms with Crippen LogP contribution in [0.4, 0.5) is 0 Å². The number of benzene rings is 1. The average Bonchev–Trinajstić information content (AvgIpc) is 3.11. The molecule has 4 nitrogen and oxygen atoms in total. The number of para-hydroxylation sites is 1. The van der Waals surface area contributed by atoms with Crippen molar-refractivity contribution < 1.29 is 13.9 Å². The summed E-state index contributed by atoms with van der Waals surface area (Å²) < 4.78 is 12.1. The van der Waals surface area contributed by atoms with Crippen LogP contribution in [0.15, 0.2) is 45.7 Å². The van der Waals surface area contributed by atoms with Gasteiger partial charge in [0.05, 0.1) is 4.91 Å². The topological polar surface area (TPSA) is 42.7 Å². The third kappa shape index (κ3) is 3.55. The van der Waals surface area contributed by atoms with Gasteiger partial charge in [0.25, 0.3) is 5.91 Å². The van der Waals surface area contributed by atoms with E-state index in [1.807, 2.05) is 50.2 Å². The average molecular weight is 359 g/mol. The SMILES string of the molecule is CCN1C(=O)/C(=C/c2ccc(COc3ccccc3C)o2)SC1=S. The highest BCUT2D eigenvalue weighted by molar-refractivity contribution is 8.26. The zero-order valence-electron chi connectivity index (χ0n) is 13.4. The summed E-state index contributed by atoms with van der Waals surface area (Å²) in [5.74, 6) is 2.09. The van der Waals surface area contributed by atoms with Crippen molar-refractivity contribution in [1.29, 1.82) is 0 Å².